The number of nitrogens with one attached hydrogen (secondary N) is 1. The molecule has 0 aromatic carbocycles. The molecule has 0 fully saturated rings. The molecule has 0 aliphatic heterocycles. The summed E-state index contributed by atoms with van der Waals surface area (Å²) in [6, 6.07) is 0. The van der Waals surface area contributed by atoms with Gasteiger partial charge < -0.3 is 14.8 Å². The van der Waals surface area contributed by atoms with E-state index in [1.54, 1.807) is 6.33 Å². The largest absolute Gasteiger partial charge is 0.350 e. The summed E-state index contributed by atoms with van der Waals surface area (Å²) >= 11 is 0. The molecule has 0 saturated heterocycles. The highest BCUT2D eigenvalue weighted by Gasteiger charge is 2.24. The summed E-state index contributed by atoms with van der Waals surface area (Å²) < 4.78 is 1.88. The van der Waals surface area contributed by atoms with Crippen LogP contribution in [0.1, 0.15) is 38.4 Å². The lowest BCUT2D eigenvalue weighted by molar-refractivity contribution is -0.121. The van der Waals surface area contributed by atoms with Crippen LogP contribution < -0.4 is 10.2 Å². The highest BCUT2D eigenvalue weighted by molar-refractivity contribution is 5.82. The van der Waals surface area contributed by atoms with Crippen molar-refractivity contribution in [3.8, 4) is 11.5 Å². The number of likely N-dealkylation sites (N-methyl/N-ethyl adjacent to an activating group) is 1. The molecule has 25 heavy (non-hydrogen) atoms. The Balaban J connectivity index is 1.89. The van der Waals surface area contributed by atoms with Gasteiger partial charge in [-0.25, -0.2) is 15.0 Å². The van der Waals surface area contributed by atoms with Crippen molar-refractivity contribution < 1.29 is 4.79 Å². The molecule has 0 unspecified atom stereocenters. The van der Waals surface area contributed by atoms with Gasteiger partial charge >= 0.3 is 0 Å². The normalized spacial score (nSPS) is 13.6. The van der Waals surface area contributed by atoms with Crippen molar-refractivity contribution >= 4 is 11.7 Å². The molecule has 0 atom stereocenters. The van der Waals surface area contributed by atoms with Crippen molar-refractivity contribution in [1.82, 2.24) is 24.8 Å². The number of carbonyl (C=O) groups excluding carboxylic acids is 1. The van der Waals surface area contributed by atoms with E-state index in [-0.39, 0.29) is 18.0 Å². The summed E-state index contributed by atoms with van der Waals surface area (Å²) in [6.45, 7) is 6.20. The van der Waals surface area contributed by atoms with Crippen molar-refractivity contribution in [3.05, 3.63) is 23.8 Å². The van der Waals surface area contributed by atoms with Crippen molar-refractivity contribution in [2.45, 2.75) is 45.6 Å². The zero-order valence-electron chi connectivity index (χ0n) is 15.6. The summed E-state index contributed by atoms with van der Waals surface area (Å²) in [7, 11) is 3.83. The minimum atomic E-state index is -0.245. The third kappa shape index (κ3) is 3.97. The summed E-state index contributed by atoms with van der Waals surface area (Å²) in [5, 5.41) is 3.00. The molecule has 1 amide bonds. The van der Waals surface area contributed by atoms with Gasteiger partial charge in [0.15, 0.2) is 5.82 Å². The second kappa shape index (κ2) is 6.46. The van der Waals surface area contributed by atoms with Gasteiger partial charge in [0.1, 0.15) is 11.5 Å². The number of imidazole rings is 1. The van der Waals surface area contributed by atoms with E-state index in [0.29, 0.717) is 5.82 Å². The van der Waals surface area contributed by atoms with Gasteiger partial charge in [0.2, 0.25) is 5.91 Å². The van der Waals surface area contributed by atoms with Gasteiger partial charge in [-0.2, -0.15) is 0 Å². The summed E-state index contributed by atoms with van der Waals surface area (Å²) in [6.07, 6.45) is 6.63. The van der Waals surface area contributed by atoms with E-state index in [1.165, 1.54) is 0 Å². The summed E-state index contributed by atoms with van der Waals surface area (Å²) in [4.78, 5) is 28.0. The Morgan fingerprint density at radius 2 is 2.08 bits per heavy atom. The van der Waals surface area contributed by atoms with E-state index < -0.39 is 0 Å². The number of carbonyl (C=O) groups is 1. The second-order valence-electron chi connectivity index (χ2n) is 7.73. The molecule has 2 aromatic heterocycles. The molecule has 2 heterocycles. The van der Waals surface area contributed by atoms with Crippen LogP contribution in [0.15, 0.2) is 12.5 Å². The van der Waals surface area contributed by atoms with E-state index in [2.05, 4.69) is 10.3 Å². The molecule has 0 radical (unpaired) electrons. The highest BCUT2D eigenvalue weighted by atomic mass is 16.2. The van der Waals surface area contributed by atoms with E-state index in [1.807, 2.05) is 50.5 Å². The van der Waals surface area contributed by atoms with Crippen LogP contribution in [-0.2, 0) is 24.7 Å². The minimum Gasteiger partial charge on any atom is -0.350 e. The van der Waals surface area contributed by atoms with Crippen molar-refractivity contribution in [2.75, 3.05) is 18.5 Å². The van der Waals surface area contributed by atoms with Crippen LogP contribution in [-0.4, -0.2) is 44.6 Å². The molecule has 2 aromatic rings. The molecule has 1 aliphatic rings. The number of anilines is 1. The fraction of sp³-hybridized carbons (Fsp3) is 0.556. The monoisotopic (exact) mass is 342 g/mol. The first-order valence-corrected chi connectivity index (χ1v) is 8.63. The van der Waals surface area contributed by atoms with Crippen LogP contribution in [0.5, 0.6) is 0 Å². The Kier molecular flexibility index (Phi) is 4.49. The van der Waals surface area contributed by atoms with Crippen LogP contribution in [0.3, 0.4) is 0 Å². The van der Waals surface area contributed by atoms with E-state index in [9.17, 15) is 4.79 Å². The number of hydrogen-bond donors (Lipinski definition) is 1. The predicted molar refractivity (Wildman–Crippen MR) is 97.4 cm³/mol. The van der Waals surface area contributed by atoms with Gasteiger partial charge in [-0.05, 0) is 40.0 Å². The van der Waals surface area contributed by atoms with Crippen molar-refractivity contribution in [1.29, 1.82) is 0 Å². The average Bonchev–Trinajstić information content (AvgIpc) is 3.12. The zero-order chi connectivity index (χ0) is 18.2. The Morgan fingerprint density at radius 3 is 2.72 bits per heavy atom. The number of aryl methyl sites for hydroxylation is 2. The third-order valence-corrected chi connectivity index (χ3v) is 4.10. The Labute approximate surface area is 148 Å². The Morgan fingerprint density at radius 1 is 1.32 bits per heavy atom. The quantitative estimate of drug-likeness (QED) is 0.915. The first-order chi connectivity index (χ1) is 11.7. The molecule has 7 nitrogen and oxygen atoms in total. The Bertz CT molecular complexity index is 789. The topological polar surface area (TPSA) is 75.9 Å². The fourth-order valence-electron chi connectivity index (χ4n) is 3.12. The van der Waals surface area contributed by atoms with Gasteiger partial charge in [0.05, 0.1) is 12.9 Å². The van der Waals surface area contributed by atoms with Crippen molar-refractivity contribution in [3.63, 3.8) is 0 Å². The molecule has 1 N–H and O–H groups in total. The first-order valence-electron chi connectivity index (χ1n) is 8.63. The van der Waals surface area contributed by atoms with E-state index >= 15 is 0 Å². The molecule has 0 saturated carbocycles. The van der Waals surface area contributed by atoms with E-state index in [0.717, 1.165) is 42.0 Å². The standard InChI is InChI=1S/C18H26N6O/c1-18(2,3)22-15(25)10-24(5)17-12-7-6-8-13(12)20-16(21-17)14-9-23(4)11-19-14/h9,11H,6-8,10H2,1-5H3,(H,22,25). The smallest absolute Gasteiger partial charge is 0.239 e. The maximum atomic E-state index is 12.3. The van der Waals surface area contributed by atoms with Gasteiger partial charge in [-0.15, -0.1) is 0 Å². The lowest BCUT2D eigenvalue weighted by atomic mass is 10.1. The lowest BCUT2D eigenvalue weighted by Crippen LogP contribution is -2.45. The lowest BCUT2D eigenvalue weighted by Gasteiger charge is -2.25. The fourth-order valence-corrected chi connectivity index (χ4v) is 3.12. The molecular formula is C18H26N6O. The van der Waals surface area contributed by atoms with Crippen LogP contribution >= 0.6 is 0 Å². The minimum absolute atomic E-state index is 0.0141. The van der Waals surface area contributed by atoms with Crippen LogP contribution in [0.25, 0.3) is 11.5 Å². The number of aromatic nitrogens is 4. The maximum absolute atomic E-state index is 12.3. The van der Waals surface area contributed by atoms with Gasteiger partial charge in [0, 0.05) is 37.1 Å². The van der Waals surface area contributed by atoms with Gasteiger partial charge in [-0.1, -0.05) is 0 Å². The average molecular weight is 342 g/mol. The number of fused-ring (bicyclic) bond motifs is 1. The first kappa shape index (κ1) is 17.4. The third-order valence-electron chi connectivity index (χ3n) is 4.10. The van der Waals surface area contributed by atoms with Crippen LogP contribution in [0, 0.1) is 0 Å². The zero-order valence-corrected chi connectivity index (χ0v) is 15.6. The van der Waals surface area contributed by atoms with Gasteiger partial charge in [-0.3, -0.25) is 4.79 Å². The molecule has 0 spiro atoms. The number of nitrogens with zero attached hydrogens (tertiary/aromatic N) is 5. The molecule has 0 bridgehead atoms. The summed E-state index contributed by atoms with van der Waals surface area (Å²) in [5.74, 6) is 1.45. The number of amides is 1. The van der Waals surface area contributed by atoms with Crippen molar-refractivity contribution in [2.24, 2.45) is 7.05 Å². The molecule has 7 heteroatoms. The van der Waals surface area contributed by atoms with Crippen LogP contribution in [0.2, 0.25) is 0 Å². The summed E-state index contributed by atoms with van der Waals surface area (Å²) in [5.41, 5.74) is 2.75. The van der Waals surface area contributed by atoms with Crippen LogP contribution in [0.4, 0.5) is 5.82 Å². The number of hydrogen-bond acceptors (Lipinski definition) is 5. The number of rotatable bonds is 4. The predicted octanol–water partition coefficient (Wildman–Crippen LogP) is 1.72. The Hall–Kier alpha value is -2.44. The highest BCUT2D eigenvalue weighted by Crippen LogP contribution is 2.30. The van der Waals surface area contributed by atoms with Gasteiger partial charge in [0.25, 0.3) is 0 Å². The molecule has 134 valence electrons. The molecule has 1 aliphatic carbocycles. The molecule has 3 rings (SSSR count). The maximum Gasteiger partial charge on any atom is 0.239 e. The second-order valence-corrected chi connectivity index (χ2v) is 7.73. The van der Waals surface area contributed by atoms with E-state index in [4.69, 9.17) is 9.97 Å². The molecular weight excluding hydrogens is 316 g/mol. The SMILES string of the molecule is CN(CC(=O)NC(C)(C)C)c1nc(-c2cn(C)cn2)nc2c1CCC2.